The Labute approximate surface area is 198 Å². The minimum absolute atomic E-state index is 0.193. The van der Waals surface area contributed by atoms with E-state index in [2.05, 4.69) is 35.9 Å². The molecule has 0 radical (unpaired) electrons. The first kappa shape index (κ1) is 22.6. The summed E-state index contributed by atoms with van der Waals surface area (Å²) in [4.78, 5) is 6.65. The van der Waals surface area contributed by atoms with Gasteiger partial charge in [0.05, 0.1) is 10.9 Å². The van der Waals surface area contributed by atoms with Crippen molar-refractivity contribution < 1.29 is 0 Å². The lowest BCUT2D eigenvalue weighted by Crippen LogP contribution is -2.31. The maximum atomic E-state index is 10.1. The van der Waals surface area contributed by atoms with E-state index in [1.807, 2.05) is 24.3 Å². The summed E-state index contributed by atoms with van der Waals surface area (Å²) in [5.41, 5.74) is 15.5. The molecule has 3 aromatic rings. The molecule has 4 N–H and O–H groups in total. The van der Waals surface area contributed by atoms with Crippen LogP contribution in [0.1, 0.15) is 62.1 Å². The summed E-state index contributed by atoms with van der Waals surface area (Å²) >= 11 is 5.72. The monoisotopic (exact) mass is 457 g/mol. The molecular formula is C25H27N7S. The minimum Gasteiger partial charge on any atom is -0.384 e. The normalized spacial score (nSPS) is 14.6. The lowest BCUT2D eigenvalue weighted by Gasteiger charge is -2.29. The molecule has 0 unspecified atom stereocenters. The Bertz CT molecular complexity index is 1350. The van der Waals surface area contributed by atoms with Crippen LogP contribution in [0.4, 0.5) is 17.5 Å². The van der Waals surface area contributed by atoms with Gasteiger partial charge in [0.2, 0.25) is 0 Å². The third-order valence-electron chi connectivity index (χ3n) is 6.58. The van der Waals surface area contributed by atoms with Gasteiger partial charge in [0, 0.05) is 24.2 Å². The van der Waals surface area contributed by atoms with Crippen molar-refractivity contribution in [2.45, 2.75) is 45.4 Å². The quantitative estimate of drug-likeness (QED) is 0.519. The Kier molecular flexibility index (Phi) is 6.22. The van der Waals surface area contributed by atoms with Crippen molar-refractivity contribution in [1.82, 2.24) is 9.55 Å². The number of nitriles is 2. The van der Waals surface area contributed by atoms with E-state index in [4.69, 9.17) is 23.7 Å². The maximum absolute atomic E-state index is 10.1. The predicted molar refractivity (Wildman–Crippen MR) is 135 cm³/mol. The highest BCUT2D eigenvalue weighted by atomic mass is 32.1. The number of nitrogen functional groups attached to an aromatic ring is 2. The average molecular weight is 458 g/mol. The van der Waals surface area contributed by atoms with E-state index < -0.39 is 0 Å². The topological polar surface area (TPSA) is 121 Å². The van der Waals surface area contributed by atoms with Crippen LogP contribution >= 0.6 is 12.2 Å². The standard InChI is InChI=1S/C25H27N7S/c1-3-15(2)16-7-9-17(10-8-16)32-23(29)21-20(19(14-27)25(32)33)18(13-26)24(30-22(21)28)31-11-5-4-6-12-31/h7-10,15H,3-6,11-12,29H2,1-2H3,(H2,28,30)/t15-/m1/s1. The van der Waals surface area contributed by atoms with E-state index in [-0.39, 0.29) is 21.8 Å². The molecule has 1 fully saturated rings. The number of hydrogen-bond donors (Lipinski definition) is 2. The van der Waals surface area contributed by atoms with Gasteiger partial charge in [-0.1, -0.05) is 38.2 Å². The fraction of sp³-hybridized carbons (Fsp3) is 0.360. The summed E-state index contributed by atoms with van der Waals surface area (Å²) in [6, 6.07) is 12.4. The van der Waals surface area contributed by atoms with Crippen LogP contribution in [0.25, 0.3) is 16.5 Å². The van der Waals surface area contributed by atoms with Gasteiger partial charge in [-0.25, -0.2) is 4.98 Å². The highest BCUT2D eigenvalue weighted by molar-refractivity contribution is 7.71. The van der Waals surface area contributed by atoms with Crippen molar-refractivity contribution in [3.63, 3.8) is 0 Å². The molecule has 4 rings (SSSR count). The predicted octanol–water partition coefficient (Wildman–Crippen LogP) is 5.17. The first-order chi connectivity index (χ1) is 15.9. The molecule has 1 saturated heterocycles. The van der Waals surface area contributed by atoms with Gasteiger partial charge in [-0.3, -0.25) is 4.57 Å². The van der Waals surface area contributed by atoms with Crippen molar-refractivity contribution >= 4 is 40.4 Å². The molecule has 0 bridgehead atoms. The van der Waals surface area contributed by atoms with Crippen LogP contribution in [0, 0.1) is 27.3 Å². The number of pyridine rings is 2. The molecule has 8 heteroatoms. The Morgan fingerprint density at radius 1 is 1.03 bits per heavy atom. The molecule has 1 atom stereocenters. The average Bonchev–Trinajstić information content (AvgIpc) is 2.84. The molecule has 7 nitrogen and oxygen atoms in total. The summed E-state index contributed by atoms with van der Waals surface area (Å²) in [5.74, 6) is 1.40. The number of aromatic nitrogens is 2. The number of nitrogens with two attached hydrogens (primary N) is 2. The van der Waals surface area contributed by atoms with Crippen molar-refractivity contribution in [2.75, 3.05) is 29.5 Å². The lowest BCUT2D eigenvalue weighted by molar-refractivity contribution is 0.573. The zero-order valence-electron chi connectivity index (χ0n) is 18.9. The van der Waals surface area contributed by atoms with E-state index in [9.17, 15) is 10.5 Å². The van der Waals surface area contributed by atoms with Crippen molar-refractivity contribution in [3.05, 3.63) is 45.6 Å². The molecule has 2 aromatic heterocycles. The van der Waals surface area contributed by atoms with Gasteiger partial charge in [-0.2, -0.15) is 10.5 Å². The third kappa shape index (κ3) is 3.77. The van der Waals surface area contributed by atoms with Gasteiger partial charge in [-0.15, -0.1) is 0 Å². The molecule has 3 heterocycles. The molecule has 0 saturated carbocycles. The number of anilines is 3. The zero-order valence-corrected chi connectivity index (χ0v) is 19.7. The van der Waals surface area contributed by atoms with Crippen LogP contribution in [-0.2, 0) is 0 Å². The Hall–Kier alpha value is -3.62. The Morgan fingerprint density at radius 2 is 1.67 bits per heavy atom. The number of rotatable bonds is 4. The second-order valence-corrected chi connectivity index (χ2v) is 8.91. The number of fused-ring (bicyclic) bond motifs is 1. The van der Waals surface area contributed by atoms with Crippen molar-refractivity contribution in [2.24, 2.45) is 0 Å². The van der Waals surface area contributed by atoms with Gasteiger partial charge in [0.15, 0.2) is 0 Å². The van der Waals surface area contributed by atoms with E-state index >= 15 is 0 Å². The second-order valence-electron chi connectivity index (χ2n) is 8.52. The molecule has 0 aliphatic carbocycles. The highest BCUT2D eigenvalue weighted by Gasteiger charge is 2.25. The smallest absolute Gasteiger partial charge is 0.149 e. The fourth-order valence-electron chi connectivity index (χ4n) is 4.53. The number of piperidine rings is 1. The summed E-state index contributed by atoms with van der Waals surface area (Å²) < 4.78 is 1.90. The number of nitrogens with zero attached hydrogens (tertiary/aromatic N) is 5. The fourth-order valence-corrected chi connectivity index (χ4v) is 4.88. The summed E-state index contributed by atoms with van der Waals surface area (Å²) in [6.07, 6.45) is 4.22. The van der Waals surface area contributed by atoms with Crippen LogP contribution in [0.2, 0.25) is 0 Å². The molecular weight excluding hydrogens is 430 g/mol. The van der Waals surface area contributed by atoms with Gasteiger partial charge >= 0.3 is 0 Å². The largest absolute Gasteiger partial charge is 0.384 e. The van der Waals surface area contributed by atoms with Gasteiger partial charge < -0.3 is 16.4 Å². The van der Waals surface area contributed by atoms with E-state index in [1.165, 1.54) is 5.56 Å². The molecule has 1 aliphatic heterocycles. The molecule has 33 heavy (non-hydrogen) atoms. The molecule has 1 aromatic carbocycles. The maximum Gasteiger partial charge on any atom is 0.149 e. The first-order valence-electron chi connectivity index (χ1n) is 11.3. The van der Waals surface area contributed by atoms with E-state index in [1.54, 1.807) is 4.57 Å². The van der Waals surface area contributed by atoms with E-state index in [0.717, 1.165) is 44.5 Å². The van der Waals surface area contributed by atoms with E-state index in [0.29, 0.717) is 28.1 Å². The lowest BCUT2D eigenvalue weighted by atomic mass is 9.98. The second kappa shape index (κ2) is 9.09. The molecule has 168 valence electrons. The summed E-state index contributed by atoms with van der Waals surface area (Å²) in [6.45, 7) is 5.91. The summed E-state index contributed by atoms with van der Waals surface area (Å²) in [5, 5.41) is 21.0. The zero-order chi connectivity index (χ0) is 23.7. The minimum atomic E-state index is 0.193. The van der Waals surface area contributed by atoms with Gasteiger partial charge in [0.1, 0.15) is 39.8 Å². The van der Waals surface area contributed by atoms with Crippen LogP contribution in [0.3, 0.4) is 0 Å². The highest BCUT2D eigenvalue weighted by Crippen LogP contribution is 2.38. The Balaban J connectivity index is 2.02. The van der Waals surface area contributed by atoms with Crippen LogP contribution in [-0.4, -0.2) is 22.6 Å². The molecule has 0 amide bonds. The third-order valence-corrected chi connectivity index (χ3v) is 6.97. The molecule has 0 spiro atoms. The van der Waals surface area contributed by atoms with Crippen LogP contribution in [0.5, 0.6) is 0 Å². The van der Waals surface area contributed by atoms with Crippen molar-refractivity contribution in [3.8, 4) is 17.8 Å². The van der Waals surface area contributed by atoms with Crippen LogP contribution < -0.4 is 16.4 Å². The number of hydrogen-bond acceptors (Lipinski definition) is 7. The SMILES string of the molecule is CC[C@@H](C)c1ccc(-n2c(N)c3c(N)nc(N4CCCCC4)c(C#N)c3c(C#N)c2=S)cc1. The van der Waals surface area contributed by atoms with Crippen molar-refractivity contribution in [1.29, 1.82) is 10.5 Å². The number of benzene rings is 1. The van der Waals surface area contributed by atoms with Crippen LogP contribution in [0.15, 0.2) is 24.3 Å². The summed E-state index contributed by atoms with van der Waals surface area (Å²) in [7, 11) is 0. The van der Waals surface area contributed by atoms with Gasteiger partial charge in [0.25, 0.3) is 0 Å². The first-order valence-corrected chi connectivity index (χ1v) is 11.7. The Morgan fingerprint density at radius 3 is 2.24 bits per heavy atom. The molecule has 1 aliphatic rings. The van der Waals surface area contributed by atoms with Gasteiger partial charge in [-0.05, 0) is 49.3 Å².